The minimum atomic E-state index is -0.307. The van der Waals surface area contributed by atoms with E-state index in [0.29, 0.717) is 28.3 Å². The first-order valence-corrected chi connectivity index (χ1v) is 7.53. The Morgan fingerprint density at radius 3 is 2.50 bits per heavy atom. The number of carbonyl (C=O) groups is 1. The Balaban J connectivity index is 2.29. The molecule has 2 rings (SSSR count). The van der Waals surface area contributed by atoms with Crippen molar-refractivity contribution in [1.82, 2.24) is 0 Å². The average Bonchev–Trinajstić information content (AvgIpc) is 2.50. The number of carbonyl (C=O) groups excluding carboxylic acids is 1. The lowest BCUT2D eigenvalue weighted by Crippen LogP contribution is -2.13. The molecule has 0 radical (unpaired) electrons. The van der Waals surface area contributed by atoms with Crippen molar-refractivity contribution in [3.63, 3.8) is 0 Å². The Bertz CT molecular complexity index is 719. The number of ether oxygens (including phenoxy) is 2. The first kappa shape index (κ1) is 16.5. The van der Waals surface area contributed by atoms with Crippen LogP contribution < -0.4 is 14.8 Å². The van der Waals surface area contributed by atoms with Crippen LogP contribution in [0.3, 0.4) is 0 Å². The number of hydrogen-bond donors (Lipinski definition) is 1. The van der Waals surface area contributed by atoms with E-state index >= 15 is 0 Å². The van der Waals surface area contributed by atoms with E-state index in [1.165, 1.54) is 19.2 Å². The fourth-order valence-electron chi connectivity index (χ4n) is 1.97. The summed E-state index contributed by atoms with van der Waals surface area (Å²) < 4.78 is 24.5. The highest BCUT2D eigenvalue weighted by Crippen LogP contribution is 2.33. The van der Waals surface area contributed by atoms with Crippen LogP contribution in [-0.2, 0) is 0 Å². The number of methoxy groups -OCH3 is 2. The second kappa shape index (κ2) is 6.95. The van der Waals surface area contributed by atoms with Crippen LogP contribution in [0.15, 0.2) is 30.3 Å². The molecule has 0 spiro atoms. The molecule has 0 bridgehead atoms. The van der Waals surface area contributed by atoms with Crippen LogP contribution in [-0.4, -0.2) is 20.1 Å². The summed E-state index contributed by atoms with van der Waals surface area (Å²) in [4.78, 5) is 12.3. The quantitative estimate of drug-likeness (QED) is 0.768. The Morgan fingerprint density at radius 2 is 1.91 bits per heavy atom. The molecule has 1 N–H and O–H groups in total. The van der Waals surface area contributed by atoms with Gasteiger partial charge in [-0.2, -0.15) is 0 Å². The van der Waals surface area contributed by atoms with E-state index in [2.05, 4.69) is 27.9 Å². The van der Waals surface area contributed by atoms with Crippen LogP contribution in [0, 0.1) is 16.3 Å². The van der Waals surface area contributed by atoms with Crippen molar-refractivity contribution in [3.05, 3.63) is 50.8 Å². The van der Waals surface area contributed by atoms with Crippen molar-refractivity contribution in [2.45, 2.75) is 6.92 Å². The highest BCUT2D eigenvalue weighted by molar-refractivity contribution is 14.1. The van der Waals surface area contributed by atoms with Crippen LogP contribution in [0.25, 0.3) is 0 Å². The van der Waals surface area contributed by atoms with Gasteiger partial charge in [0, 0.05) is 11.3 Å². The highest BCUT2D eigenvalue weighted by atomic mass is 127. The number of amides is 1. The largest absolute Gasteiger partial charge is 0.493 e. The molecular weight excluding hydrogens is 400 g/mol. The van der Waals surface area contributed by atoms with E-state index in [1.807, 2.05) is 0 Å². The van der Waals surface area contributed by atoms with Gasteiger partial charge < -0.3 is 14.8 Å². The molecule has 2 aromatic carbocycles. The maximum absolute atomic E-state index is 13.3. The minimum Gasteiger partial charge on any atom is -0.493 e. The fourth-order valence-corrected chi connectivity index (χ4v) is 2.80. The summed E-state index contributed by atoms with van der Waals surface area (Å²) >= 11 is 2.07. The molecule has 0 aliphatic heterocycles. The van der Waals surface area contributed by atoms with Crippen LogP contribution in [0.1, 0.15) is 15.9 Å². The van der Waals surface area contributed by atoms with Gasteiger partial charge in [0.25, 0.3) is 5.91 Å². The van der Waals surface area contributed by atoms with Crippen molar-refractivity contribution in [3.8, 4) is 11.5 Å². The number of nitrogens with one attached hydrogen (secondary N) is 1. The van der Waals surface area contributed by atoms with Gasteiger partial charge >= 0.3 is 0 Å². The Hall–Kier alpha value is -1.83. The first-order valence-electron chi connectivity index (χ1n) is 6.45. The van der Waals surface area contributed by atoms with Gasteiger partial charge in [0.15, 0.2) is 11.5 Å². The molecule has 0 saturated carbocycles. The van der Waals surface area contributed by atoms with E-state index in [0.717, 1.165) is 3.57 Å². The lowest BCUT2D eigenvalue weighted by Gasteiger charge is -2.12. The Labute approximate surface area is 141 Å². The van der Waals surface area contributed by atoms with Gasteiger partial charge in [0.05, 0.1) is 17.8 Å². The number of rotatable bonds is 4. The summed E-state index contributed by atoms with van der Waals surface area (Å²) in [6.07, 6.45) is 0. The van der Waals surface area contributed by atoms with Crippen LogP contribution in [0.5, 0.6) is 11.5 Å². The molecule has 22 heavy (non-hydrogen) atoms. The van der Waals surface area contributed by atoms with E-state index in [4.69, 9.17) is 9.47 Å². The summed E-state index contributed by atoms with van der Waals surface area (Å²) in [6, 6.07) is 7.73. The fraction of sp³-hybridized carbons (Fsp3) is 0.188. The smallest absolute Gasteiger partial charge is 0.255 e. The van der Waals surface area contributed by atoms with Crippen LogP contribution >= 0.6 is 22.6 Å². The molecule has 2 aromatic rings. The predicted octanol–water partition coefficient (Wildman–Crippen LogP) is 4.01. The molecule has 0 fully saturated rings. The van der Waals surface area contributed by atoms with E-state index in [1.54, 1.807) is 32.2 Å². The molecule has 116 valence electrons. The van der Waals surface area contributed by atoms with Crippen molar-refractivity contribution in [2.75, 3.05) is 19.5 Å². The zero-order valence-corrected chi connectivity index (χ0v) is 14.5. The summed E-state index contributed by atoms with van der Waals surface area (Å²) in [7, 11) is 3.06. The molecule has 0 heterocycles. The number of halogens is 2. The van der Waals surface area contributed by atoms with Crippen molar-refractivity contribution in [1.29, 1.82) is 0 Å². The summed E-state index contributed by atoms with van der Waals surface area (Å²) in [5.41, 5.74) is 1.44. The number of hydrogen-bond acceptors (Lipinski definition) is 3. The zero-order chi connectivity index (χ0) is 16.3. The van der Waals surface area contributed by atoms with Gasteiger partial charge in [-0.25, -0.2) is 4.39 Å². The average molecular weight is 415 g/mol. The normalized spacial score (nSPS) is 10.2. The highest BCUT2D eigenvalue weighted by Gasteiger charge is 2.15. The Morgan fingerprint density at radius 1 is 1.18 bits per heavy atom. The van der Waals surface area contributed by atoms with Crippen LogP contribution in [0.4, 0.5) is 10.1 Å². The molecule has 0 unspecified atom stereocenters. The van der Waals surface area contributed by atoms with E-state index in [-0.39, 0.29) is 11.7 Å². The lowest BCUT2D eigenvalue weighted by atomic mass is 10.1. The number of benzene rings is 2. The van der Waals surface area contributed by atoms with Gasteiger partial charge in [-0.15, -0.1) is 0 Å². The third-order valence-electron chi connectivity index (χ3n) is 3.11. The number of aryl methyl sites for hydroxylation is 1. The second-order valence-corrected chi connectivity index (χ2v) is 5.77. The third-order valence-corrected chi connectivity index (χ3v) is 3.91. The lowest BCUT2D eigenvalue weighted by molar-refractivity contribution is 0.102. The van der Waals surface area contributed by atoms with Gasteiger partial charge in [-0.3, -0.25) is 4.79 Å². The van der Waals surface area contributed by atoms with Gasteiger partial charge in [0.2, 0.25) is 0 Å². The molecular formula is C16H15FINO3. The molecule has 0 aliphatic rings. The maximum Gasteiger partial charge on any atom is 0.255 e. The molecule has 0 saturated heterocycles. The third kappa shape index (κ3) is 3.49. The molecule has 0 aromatic heterocycles. The SMILES string of the molecule is COc1cc(C(=O)Nc2ccc(F)c(C)c2)cc(I)c1OC. The second-order valence-electron chi connectivity index (χ2n) is 4.61. The number of anilines is 1. The molecule has 0 aliphatic carbocycles. The summed E-state index contributed by atoms with van der Waals surface area (Å²) in [5, 5.41) is 2.74. The topological polar surface area (TPSA) is 47.6 Å². The summed E-state index contributed by atoms with van der Waals surface area (Å²) in [5.74, 6) is 0.454. The van der Waals surface area contributed by atoms with E-state index in [9.17, 15) is 9.18 Å². The van der Waals surface area contributed by atoms with Gasteiger partial charge in [-0.05, 0) is 65.4 Å². The van der Waals surface area contributed by atoms with E-state index < -0.39 is 0 Å². The molecule has 4 nitrogen and oxygen atoms in total. The predicted molar refractivity (Wildman–Crippen MR) is 91.4 cm³/mol. The molecule has 1 amide bonds. The molecule has 0 atom stereocenters. The maximum atomic E-state index is 13.3. The first-order chi connectivity index (χ1) is 10.5. The monoisotopic (exact) mass is 415 g/mol. The zero-order valence-electron chi connectivity index (χ0n) is 12.4. The van der Waals surface area contributed by atoms with Crippen molar-refractivity contribution < 1.29 is 18.7 Å². The Kier molecular flexibility index (Phi) is 5.23. The molecule has 6 heteroatoms. The van der Waals surface area contributed by atoms with Gasteiger partial charge in [0.1, 0.15) is 5.82 Å². The van der Waals surface area contributed by atoms with Crippen molar-refractivity contribution in [2.24, 2.45) is 0 Å². The summed E-state index contributed by atoms with van der Waals surface area (Å²) in [6.45, 7) is 1.64. The minimum absolute atomic E-state index is 0.301. The van der Waals surface area contributed by atoms with Crippen molar-refractivity contribution >= 4 is 34.2 Å². The van der Waals surface area contributed by atoms with Gasteiger partial charge in [-0.1, -0.05) is 0 Å². The standard InChI is InChI=1S/C16H15FINO3/c1-9-6-11(4-5-12(9)17)19-16(20)10-7-13(18)15(22-3)14(8-10)21-2/h4-8H,1-3H3,(H,19,20). The van der Waals surface area contributed by atoms with Crippen LogP contribution in [0.2, 0.25) is 0 Å².